The van der Waals surface area contributed by atoms with Gasteiger partial charge >= 0.3 is 0 Å². The molecule has 2 aromatic rings. The third kappa shape index (κ3) is 2.97. The Morgan fingerprint density at radius 3 is 2.57 bits per heavy atom. The van der Waals surface area contributed by atoms with Crippen LogP contribution < -0.4 is 0 Å². The van der Waals surface area contributed by atoms with Gasteiger partial charge in [-0.25, -0.2) is 0 Å². The number of benzene rings is 2. The first-order valence-electron chi connectivity index (χ1n) is 7.30. The minimum atomic E-state index is 0.0166. The maximum atomic E-state index is 12.7. The maximum Gasteiger partial charge on any atom is 0.254 e. The number of fused-ring (bicyclic) bond motifs is 1. The van der Waals surface area contributed by atoms with E-state index in [2.05, 4.69) is 15.9 Å². The molecule has 0 atom stereocenters. The summed E-state index contributed by atoms with van der Waals surface area (Å²) in [6, 6.07) is 12.1. The highest BCUT2D eigenvalue weighted by molar-refractivity contribution is 9.10. The molecule has 1 aliphatic carbocycles. The third-order valence-corrected chi connectivity index (χ3v) is 4.66. The van der Waals surface area contributed by atoms with Gasteiger partial charge in [-0.2, -0.15) is 0 Å². The highest BCUT2D eigenvalue weighted by Gasteiger charge is 2.28. The zero-order chi connectivity index (χ0) is 14.8. The molecule has 0 unspecified atom stereocenters. The minimum absolute atomic E-state index is 0.0166. The molecule has 110 valence electrons. The van der Waals surface area contributed by atoms with E-state index >= 15 is 0 Å². The Bertz CT molecular complexity index is 667. The molecule has 0 aromatic heterocycles. The number of rotatable bonds is 4. The SMILES string of the molecule is O=C(c1ccc2cc(Br)ccc2c1)N(CCO)C1CCC1. The molecule has 21 heavy (non-hydrogen) atoms. The molecule has 4 heteroatoms. The van der Waals surface area contributed by atoms with Gasteiger partial charge < -0.3 is 10.0 Å². The van der Waals surface area contributed by atoms with Crippen LogP contribution in [0.5, 0.6) is 0 Å². The van der Waals surface area contributed by atoms with Crippen LogP contribution >= 0.6 is 15.9 Å². The van der Waals surface area contributed by atoms with E-state index in [1.54, 1.807) is 0 Å². The summed E-state index contributed by atoms with van der Waals surface area (Å²) in [7, 11) is 0. The molecule has 2 aromatic carbocycles. The van der Waals surface area contributed by atoms with E-state index in [4.69, 9.17) is 0 Å². The van der Waals surface area contributed by atoms with E-state index in [0.717, 1.165) is 28.1 Å². The lowest BCUT2D eigenvalue weighted by Gasteiger charge is -2.37. The van der Waals surface area contributed by atoms with Crippen molar-refractivity contribution in [3.05, 3.63) is 46.4 Å². The van der Waals surface area contributed by atoms with Gasteiger partial charge in [0.1, 0.15) is 0 Å². The molecule has 0 radical (unpaired) electrons. The highest BCUT2D eigenvalue weighted by atomic mass is 79.9. The Morgan fingerprint density at radius 1 is 1.19 bits per heavy atom. The number of carbonyl (C=O) groups excluding carboxylic acids is 1. The molecular weight excluding hydrogens is 330 g/mol. The largest absolute Gasteiger partial charge is 0.395 e. The van der Waals surface area contributed by atoms with E-state index in [9.17, 15) is 9.90 Å². The zero-order valence-corrected chi connectivity index (χ0v) is 13.3. The quantitative estimate of drug-likeness (QED) is 0.917. The van der Waals surface area contributed by atoms with Crippen LogP contribution in [-0.2, 0) is 0 Å². The lowest BCUT2D eigenvalue weighted by atomic mass is 9.91. The average Bonchev–Trinajstić information content (AvgIpc) is 2.43. The Hall–Kier alpha value is -1.39. The first-order valence-corrected chi connectivity index (χ1v) is 8.09. The van der Waals surface area contributed by atoms with Crippen LogP contribution in [0.25, 0.3) is 10.8 Å². The van der Waals surface area contributed by atoms with Crippen molar-refractivity contribution >= 4 is 32.6 Å². The second-order valence-corrected chi connectivity index (χ2v) is 6.43. The van der Waals surface area contributed by atoms with Gasteiger partial charge in [0.25, 0.3) is 5.91 Å². The normalized spacial score (nSPS) is 15.0. The van der Waals surface area contributed by atoms with Crippen molar-refractivity contribution in [3.63, 3.8) is 0 Å². The fourth-order valence-corrected chi connectivity index (χ4v) is 3.15. The van der Waals surface area contributed by atoms with Gasteiger partial charge in [0.15, 0.2) is 0 Å². The van der Waals surface area contributed by atoms with Crippen molar-refractivity contribution < 1.29 is 9.90 Å². The van der Waals surface area contributed by atoms with Crippen molar-refractivity contribution in [2.75, 3.05) is 13.2 Å². The minimum Gasteiger partial charge on any atom is -0.395 e. The first kappa shape index (κ1) is 14.5. The molecule has 1 N–H and O–H groups in total. The molecule has 1 fully saturated rings. The van der Waals surface area contributed by atoms with Crippen LogP contribution in [0.2, 0.25) is 0 Å². The average molecular weight is 348 g/mol. The topological polar surface area (TPSA) is 40.5 Å². The van der Waals surface area contributed by atoms with Gasteiger partial charge in [-0.05, 0) is 54.3 Å². The molecule has 1 aliphatic rings. The van der Waals surface area contributed by atoms with Crippen molar-refractivity contribution in [2.24, 2.45) is 0 Å². The predicted octanol–water partition coefficient (Wildman–Crippen LogP) is 3.59. The summed E-state index contributed by atoms with van der Waals surface area (Å²) < 4.78 is 1.03. The van der Waals surface area contributed by atoms with Crippen LogP contribution in [0.15, 0.2) is 40.9 Å². The second kappa shape index (κ2) is 6.16. The second-order valence-electron chi connectivity index (χ2n) is 5.51. The Labute approximate surface area is 132 Å². The lowest BCUT2D eigenvalue weighted by Crippen LogP contribution is -2.45. The van der Waals surface area contributed by atoms with E-state index in [1.807, 2.05) is 41.3 Å². The highest BCUT2D eigenvalue weighted by Crippen LogP contribution is 2.27. The summed E-state index contributed by atoms with van der Waals surface area (Å²) in [6.07, 6.45) is 3.27. The van der Waals surface area contributed by atoms with Gasteiger partial charge in [0, 0.05) is 22.6 Å². The Kier molecular flexibility index (Phi) is 4.27. The fraction of sp³-hybridized carbons (Fsp3) is 0.353. The number of aliphatic hydroxyl groups excluding tert-OH is 1. The molecule has 0 spiro atoms. The molecule has 0 heterocycles. The smallest absolute Gasteiger partial charge is 0.254 e. The number of nitrogens with zero attached hydrogens (tertiary/aromatic N) is 1. The molecule has 3 nitrogen and oxygen atoms in total. The Balaban J connectivity index is 1.90. The summed E-state index contributed by atoms with van der Waals surface area (Å²) in [5.74, 6) is 0.0265. The standard InChI is InChI=1S/C17H18BrNO2/c18-15-7-6-12-10-14(5-4-13(12)11-15)17(21)19(8-9-20)16-2-1-3-16/h4-7,10-11,16,20H,1-3,8-9H2. The van der Waals surface area contributed by atoms with Crippen molar-refractivity contribution in [1.82, 2.24) is 4.90 Å². The van der Waals surface area contributed by atoms with Gasteiger partial charge in [-0.15, -0.1) is 0 Å². The summed E-state index contributed by atoms with van der Waals surface area (Å²) in [5, 5.41) is 11.4. The van der Waals surface area contributed by atoms with Gasteiger partial charge in [0.2, 0.25) is 0 Å². The third-order valence-electron chi connectivity index (χ3n) is 4.17. The molecular formula is C17H18BrNO2. The fourth-order valence-electron chi connectivity index (χ4n) is 2.77. The molecule has 1 amide bonds. The molecule has 0 saturated heterocycles. The van der Waals surface area contributed by atoms with Crippen molar-refractivity contribution in [3.8, 4) is 0 Å². The number of amides is 1. The number of carbonyl (C=O) groups is 1. The van der Waals surface area contributed by atoms with Gasteiger partial charge in [0.05, 0.1) is 6.61 Å². The van der Waals surface area contributed by atoms with Crippen LogP contribution in [0, 0.1) is 0 Å². The predicted molar refractivity (Wildman–Crippen MR) is 87.4 cm³/mol. The van der Waals surface area contributed by atoms with E-state index in [-0.39, 0.29) is 12.5 Å². The molecule has 1 saturated carbocycles. The summed E-state index contributed by atoms with van der Waals surface area (Å²) in [6.45, 7) is 0.435. The lowest BCUT2D eigenvalue weighted by molar-refractivity contribution is 0.0526. The zero-order valence-electron chi connectivity index (χ0n) is 11.8. The van der Waals surface area contributed by atoms with Crippen molar-refractivity contribution in [2.45, 2.75) is 25.3 Å². The summed E-state index contributed by atoms with van der Waals surface area (Å²) in [4.78, 5) is 14.5. The number of hydrogen-bond donors (Lipinski definition) is 1. The first-order chi connectivity index (χ1) is 10.2. The summed E-state index contributed by atoms with van der Waals surface area (Å²) >= 11 is 3.46. The summed E-state index contributed by atoms with van der Waals surface area (Å²) in [5.41, 5.74) is 0.699. The molecule has 3 rings (SSSR count). The van der Waals surface area contributed by atoms with Gasteiger partial charge in [-0.3, -0.25) is 4.79 Å². The number of halogens is 1. The van der Waals surface area contributed by atoms with Crippen LogP contribution in [-0.4, -0.2) is 35.1 Å². The van der Waals surface area contributed by atoms with Crippen LogP contribution in [0.1, 0.15) is 29.6 Å². The molecule has 0 bridgehead atoms. The number of aliphatic hydroxyl groups is 1. The Morgan fingerprint density at radius 2 is 1.90 bits per heavy atom. The monoisotopic (exact) mass is 347 g/mol. The maximum absolute atomic E-state index is 12.7. The van der Waals surface area contributed by atoms with Crippen LogP contribution in [0.3, 0.4) is 0 Å². The number of hydrogen-bond acceptors (Lipinski definition) is 2. The van der Waals surface area contributed by atoms with E-state index in [0.29, 0.717) is 18.2 Å². The van der Waals surface area contributed by atoms with E-state index < -0.39 is 0 Å². The van der Waals surface area contributed by atoms with Gasteiger partial charge in [-0.1, -0.05) is 28.1 Å². The molecule has 0 aliphatic heterocycles. The van der Waals surface area contributed by atoms with Crippen LogP contribution in [0.4, 0.5) is 0 Å². The van der Waals surface area contributed by atoms with E-state index in [1.165, 1.54) is 6.42 Å². The van der Waals surface area contributed by atoms with Crippen molar-refractivity contribution in [1.29, 1.82) is 0 Å².